The van der Waals surface area contributed by atoms with Crippen molar-refractivity contribution in [3.05, 3.63) is 40.9 Å². The molecular formula is C16H22BBrO2S. The van der Waals surface area contributed by atoms with Crippen LogP contribution in [-0.4, -0.2) is 24.1 Å². The fraction of sp³-hybridized carbons (Fsp3) is 0.500. The lowest BCUT2D eigenvalue weighted by Crippen LogP contribution is -2.41. The van der Waals surface area contributed by atoms with Gasteiger partial charge in [0.1, 0.15) is 0 Å². The lowest BCUT2D eigenvalue weighted by molar-refractivity contribution is 0.00578. The Kier molecular flexibility index (Phi) is 5.29. The topological polar surface area (TPSA) is 18.5 Å². The van der Waals surface area contributed by atoms with Gasteiger partial charge in [0.25, 0.3) is 0 Å². The molecule has 0 N–H and O–H groups in total. The maximum atomic E-state index is 6.09. The molecule has 1 aliphatic heterocycles. The van der Waals surface area contributed by atoms with E-state index in [9.17, 15) is 0 Å². The highest BCUT2D eigenvalue weighted by Gasteiger charge is 2.52. The van der Waals surface area contributed by atoms with Crippen LogP contribution in [0.3, 0.4) is 0 Å². The zero-order valence-electron chi connectivity index (χ0n) is 13.0. The SMILES string of the molecule is CC1(C)OB(C(=Cc2ccc(CBr)cc2)CS)OC1(C)C. The quantitative estimate of drug-likeness (QED) is 0.478. The van der Waals surface area contributed by atoms with Gasteiger partial charge in [-0.25, -0.2) is 0 Å². The summed E-state index contributed by atoms with van der Waals surface area (Å²) in [5.74, 6) is 0.608. The molecule has 1 saturated heterocycles. The second-order valence-electron chi connectivity index (χ2n) is 6.34. The Morgan fingerprint density at radius 1 is 1.14 bits per heavy atom. The van der Waals surface area contributed by atoms with E-state index >= 15 is 0 Å². The molecule has 21 heavy (non-hydrogen) atoms. The molecule has 0 saturated carbocycles. The number of rotatable bonds is 4. The lowest BCUT2D eigenvalue weighted by Gasteiger charge is -2.32. The first-order valence-electron chi connectivity index (χ1n) is 7.11. The van der Waals surface area contributed by atoms with Crippen LogP contribution in [-0.2, 0) is 14.6 Å². The Balaban J connectivity index is 2.22. The summed E-state index contributed by atoms with van der Waals surface area (Å²) in [6, 6.07) is 8.43. The molecule has 1 heterocycles. The molecular weight excluding hydrogens is 347 g/mol. The number of alkyl halides is 1. The minimum Gasteiger partial charge on any atom is -0.400 e. The number of hydrogen-bond donors (Lipinski definition) is 1. The first-order chi connectivity index (χ1) is 9.79. The molecule has 114 valence electrons. The minimum absolute atomic E-state index is 0.320. The van der Waals surface area contributed by atoms with Crippen molar-refractivity contribution in [3.8, 4) is 0 Å². The van der Waals surface area contributed by atoms with E-state index in [2.05, 4.69) is 86.6 Å². The molecule has 1 aromatic rings. The zero-order valence-corrected chi connectivity index (χ0v) is 15.5. The van der Waals surface area contributed by atoms with Gasteiger partial charge in [0, 0.05) is 11.1 Å². The number of thiol groups is 1. The Labute approximate surface area is 142 Å². The van der Waals surface area contributed by atoms with E-state index in [4.69, 9.17) is 9.31 Å². The van der Waals surface area contributed by atoms with Gasteiger partial charge < -0.3 is 9.31 Å². The molecule has 0 unspecified atom stereocenters. The summed E-state index contributed by atoms with van der Waals surface area (Å²) in [7, 11) is -0.330. The van der Waals surface area contributed by atoms with Crippen molar-refractivity contribution in [1.29, 1.82) is 0 Å². The van der Waals surface area contributed by atoms with E-state index in [1.54, 1.807) is 0 Å². The maximum Gasteiger partial charge on any atom is 0.491 e. The number of hydrogen-bond acceptors (Lipinski definition) is 3. The van der Waals surface area contributed by atoms with E-state index in [0.29, 0.717) is 5.75 Å². The van der Waals surface area contributed by atoms with Crippen LogP contribution in [0.2, 0.25) is 0 Å². The molecule has 0 bridgehead atoms. The Morgan fingerprint density at radius 2 is 1.67 bits per heavy atom. The Bertz CT molecular complexity index is 510. The van der Waals surface area contributed by atoms with Crippen LogP contribution in [0.4, 0.5) is 0 Å². The number of benzene rings is 1. The summed E-state index contributed by atoms with van der Waals surface area (Å²) in [5.41, 5.74) is 2.80. The molecule has 1 aliphatic rings. The second-order valence-corrected chi connectivity index (χ2v) is 7.22. The summed E-state index contributed by atoms with van der Waals surface area (Å²) in [4.78, 5) is 0. The predicted molar refractivity (Wildman–Crippen MR) is 97.0 cm³/mol. The maximum absolute atomic E-state index is 6.09. The van der Waals surface area contributed by atoms with Crippen molar-refractivity contribution < 1.29 is 9.31 Å². The van der Waals surface area contributed by atoms with E-state index < -0.39 is 0 Å². The molecule has 2 nitrogen and oxygen atoms in total. The molecule has 0 radical (unpaired) electrons. The first-order valence-corrected chi connectivity index (χ1v) is 8.86. The molecule has 0 aliphatic carbocycles. The van der Waals surface area contributed by atoms with Crippen molar-refractivity contribution in [1.82, 2.24) is 0 Å². The van der Waals surface area contributed by atoms with E-state index in [0.717, 1.165) is 16.4 Å². The van der Waals surface area contributed by atoms with Gasteiger partial charge in [0.15, 0.2) is 0 Å². The standard InChI is InChI=1S/C16H22BBrO2S/c1-15(2)16(3,4)20-17(19-15)14(11-21)9-12-5-7-13(10-18)8-6-12/h5-9,21H,10-11H2,1-4H3. The molecule has 1 aromatic carbocycles. The molecule has 1 fully saturated rings. The third kappa shape index (κ3) is 3.76. The third-order valence-electron chi connectivity index (χ3n) is 4.22. The van der Waals surface area contributed by atoms with Crippen LogP contribution in [0.15, 0.2) is 29.7 Å². The lowest BCUT2D eigenvalue weighted by atomic mass is 9.78. The van der Waals surface area contributed by atoms with E-state index in [1.165, 1.54) is 5.56 Å². The van der Waals surface area contributed by atoms with Gasteiger partial charge in [-0.05, 0) is 44.3 Å². The van der Waals surface area contributed by atoms with E-state index in [1.807, 2.05) is 0 Å². The van der Waals surface area contributed by atoms with Crippen LogP contribution < -0.4 is 0 Å². The van der Waals surface area contributed by atoms with Gasteiger partial charge in [-0.15, -0.1) is 0 Å². The van der Waals surface area contributed by atoms with Crippen LogP contribution in [0.5, 0.6) is 0 Å². The molecule has 0 spiro atoms. The zero-order chi connectivity index (χ0) is 15.7. The highest BCUT2D eigenvalue weighted by Crippen LogP contribution is 2.39. The Morgan fingerprint density at radius 3 is 2.10 bits per heavy atom. The summed E-state index contributed by atoms with van der Waals surface area (Å²) in [6.45, 7) is 8.25. The van der Waals surface area contributed by atoms with Crippen LogP contribution in [0, 0.1) is 0 Å². The largest absolute Gasteiger partial charge is 0.491 e. The van der Waals surface area contributed by atoms with E-state index in [-0.39, 0.29) is 18.3 Å². The van der Waals surface area contributed by atoms with Crippen molar-refractivity contribution in [2.45, 2.75) is 44.2 Å². The monoisotopic (exact) mass is 368 g/mol. The highest BCUT2D eigenvalue weighted by atomic mass is 79.9. The molecule has 0 atom stereocenters. The predicted octanol–water partition coefficient (Wildman–Crippen LogP) is 4.53. The smallest absolute Gasteiger partial charge is 0.400 e. The van der Waals surface area contributed by atoms with Crippen molar-refractivity contribution >= 4 is 41.8 Å². The van der Waals surface area contributed by atoms with Gasteiger partial charge in [-0.3, -0.25) is 0 Å². The van der Waals surface area contributed by atoms with Crippen LogP contribution >= 0.6 is 28.6 Å². The molecule has 5 heteroatoms. The van der Waals surface area contributed by atoms with Crippen molar-refractivity contribution in [2.24, 2.45) is 0 Å². The second kappa shape index (κ2) is 6.49. The molecule has 2 rings (SSSR count). The summed E-state index contributed by atoms with van der Waals surface area (Å²) in [6.07, 6.45) is 2.10. The van der Waals surface area contributed by atoms with Crippen LogP contribution in [0.1, 0.15) is 38.8 Å². The average molecular weight is 369 g/mol. The van der Waals surface area contributed by atoms with Gasteiger partial charge >= 0.3 is 7.12 Å². The van der Waals surface area contributed by atoms with Gasteiger partial charge in [0.05, 0.1) is 11.2 Å². The average Bonchev–Trinajstić information content (AvgIpc) is 2.65. The summed E-state index contributed by atoms with van der Waals surface area (Å²) in [5, 5.41) is 0.869. The fourth-order valence-electron chi connectivity index (χ4n) is 2.10. The third-order valence-corrected chi connectivity index (χ3v) is 5.24. The minimum atomic E-state index is -0.330. The highest BCUT2D eigenvalue weighted by molar-refractivity contribution is 9.08. The first kappa shape index (κ1) is 17.1. The molecule has 0 aromatic heterocycles. The van der Waals surface area contributed by atoms with Gasteiger partial charge in [0.2, 0.25) is 0 Å². The van der Waals surface area contributed by atoms with Gasteiger partial charge in [-0.2, -0.15) is 12.6 Å². The van der Waals surface area contributed by atoms with Crippen molar-refractivity contribution in [3.63, 3.8) is 0 Å². The van der Waals surface area contributed by atoms with Crippen molar-refractivity contribution in [2.75, 3.05) is 5.75 Å². The summed E-state index contributed by atoms with van der Waals surface area (Å²) < 4.78 is 12.2. The normalized spacial score (nSPS) is 20.9. The summed E-state index contributed by atoms with van der Waals surface area (Å²) >= 11 is 7.90. The molecule has 0 amide bonds. The fourth-order valence-corrected chi connectivity index (χ4v) is 2.71. The number of halogens is 1. The Hall–Kier alpha value is -0.225. The van der Waals surface area contributed by atoms with Gasteiger partial charge in [-0.1, -0.05) is 46.3 Å². The van der Waals surface area contributed by atoms with Crippen LogP contribution in [0.25, 0.3) is 6.08 Å².